The molecule has 2 rings (SSSR count). The smallest absolute Gasteiger partial charge is 0.303 e. The summed E-state index contributed by atoms with van der Waals surface area (Å²) in [5.74, 6) is 0.280. The van der Waals surface area contributed by atoms with E-state index >= 15 is 0 Å². The van der Waals surface area contributed by atoms with Crippen molar-refractivity contribution in [2.24, 2.45) is 5.92 Å². The van der Waals surface area contributed by atoms with E-state index in [1.54, 1.807) is 37.5 Å². The summed E-state index contributed by atoms with van der Waals surface area (Å²) in [5, 5.41) is 0. The van der Waals surface area contributed by atoms with Crippen molar-refractivity contribution >= 4 is 11.8 Å². The van der Waals surface area contributed by atoms with Crippen LogP contribution in [0.3, 0.4) is 0 Å². The SMILES string of the molecule is C=CCC1=CC(OC)(C(C)C(OC(C)=O)c2ccc(OC)c(OC)c2)C(OC)=CC1=O. The predicted molar refractivity (Wildman–Crippen MR) is 116 cm³/mol. The van der Waals surface area contributed by atoms with Crippen molar-refractivity contribution in [2.45, 2.75) is 32.0 Å². The van der Waals surface area contributed by atoms with Crippen molar-refractivity contribution in [1.82, 2.24) is 0 Å². The Kier molecular flexibility index (Phi) is 8.05. The van der Waals surface area contributed by atoms with Crippen LogP contribution in [0.5, 0.6) is 11.5 Å². The molecule has 0 fully saturated rings. The van der Waals surface area contributed by atoms with Crippen LogP contribution in [0.4, 0.5) is 0 Å². The molecule has 3 atom stereocenters. The van der Waals surface area contributed by atoms with E-state index in [1.807, 2.05) is 6.92 Å². The summed E-state index contributed by atoms with van der Waals surface area (Å²) in [6.07, 6.45) is 4.44. The number of hydrogen-bond acceptors (Lipinski definition) is 7. The lowest BCUT2D eigenvalue weighted by Crippen LogP contribution is -2.45. The highest BCUT2D eigenvalue weighted by Crippen LogP contribution is 2.45. The third-order valence-electron chi connectivity index (χ3n) is 5.43. The molecule has 0 saturated heterocycles. The van der Waals surface area contributed by atoms with E-state index in [0.29, 0.717) is 34.8 Å². The summed E-state index contributed by atoms with van der Waals surface area (Å²) >= 11 is 0. The van der Waals surface area contributed by atoms with Crippen molar-refractivity contribution in [3.8, 4) is 11.5 Å². The number of methoxy groups -OCH3 is 4. The fraction of sp³-hybridized carbons (Fsp3) is 0.417. The molecular formula is C24H30O7. The van der Waals surface area contributed by atoms with Gasteiger partial charge in [-0.05, 0) is 30.2 Å². The highest BCUT2D eigenvalue weighted by Gasteiger charge is 2.48. The molecule has 0 radical (unpaired) electrons. The van der Waals surface area contributed by atoms with Crippen LogP contribution in [0.1, 0.15) is 31.9 Å². The highest BCUT2D eigenvalue weighted by atomic mass is 16.6. The minimum atomic E-state index is -1.14. The third kappa shape index (κ3) is 4.82. The van der Waals surface area contributed by atoms with Crippen LogP contribution in [0.15, 0.2) is 54.3 Å². The van der Waals surface area contributed by atoms with Crippen LogP contribution in [0.25, 0.3) is 0 Å². The molecule has 0 heterocycles. The Morgan fingerprint density at radius 1 is 1.13 bits per heavy atom. The zero-order chi connectivity index (χ0) is 23.2. The Morgan fingerprint density at radius 3 is 2.32 bits per heavy atom. The Morgan fingerprint density at radius 2 is 1.81 bits per heavy atom. The van der Waals surface area contributed by atoms with Gasteiger partial charge in [0.15, 0.2) is 17.3 Å². The normalized spacial score (nSPS) is 20.1. The zero-order valence-corrected chi connectivity index (χ0v) is 18.9. The van der Waals surface area contributed by atoms with Crippen molar-refractivity contribution < 1.29 is 33.3 Å². The maximum Gasteiger partial charge on any atom is 0.303 e. The first-order valence-corrected chi connectivity index (χ1v) is 9.85. The lowest BCUT2D eigenvalue weighted by Gasteiger charge is -2.41. The molecule has 31 heavy (non-hydrogen) atoms. The van der Waals surface area contributed by atoms with E-state index in [0.717, 1.165) is 0 Å². The molecule has 0 bridgehead atoms. The van der Waals surface area contributed by atoms with Crippen LogP contribution in [-0.2, 0) is 23.8 Å². The second-order valence-electron chi connectivity index (χ2n) is 7.17. The number of ether oxygens (including phenoxy) is 5. The van der Waals surface area contributed by atoms with Crippen LogP contribution >= 0.6 is 0 Å². The monoisotopic (exact) mass is 430 g/mol. The van der Waals surface area contributed by atoms with Gasteiger partial charge < -0.3 is 23.7 Å². The fourth-order valence-corrected chi connectivity index (χ4v) is 3.85. The second kappa shape index (κ2) is 10.3. The molecule has 0 saturated carbocycles. The molecule has 1 aliphatic carbocycles. The number of allylic oxidation sites excluding steroid dienone is 3. The van der Waals surface area contributed by atoms with Crippen molar-refractivity contribution in [3.63, 3.8) is 0 Å². The molecule has 0 amide bonds. The Hall–Kier alpha value is -3.06. The first kappa shape index (κ1) is 24.2. The van der Waals surface area contributed by atoms with Gasteiger partial charge >= 0.3 is 5.97 Å². The third-order valence-corrected chi connectivity index (χ3v) is 5.43. The van der Waals surface area contributed by atoms with Gasteiger partial charge in [-0.1, -0.05) is 19.1 Å². The van der Waals surface area contributed by atoms with E-state index in [9.17, 15) is 9.59 Å². The molecule has 0 aliphatic heterocycles. The van der Waals surface area contributed by atoms with Crippen molar-refractivity contribution in [2.75, 3.05) is 28.4 Å². The minimum Gasteiger partial charge on any atom is -0.498 e. The highest BCUT2D eigenvalue weighted by molar-refractivity contribution is 6.06. The number of carbonyl (C=O) groups excluding carboxylic acids is 2. The average molecular weight is 430 g/mol. The first-order chi connectivity index (χ1) is 14.8. The number of benzene rings is 1. The number of carbonyl (C=O) groups is 2. The van der Waals surface area contributed by atoms with Crippen molar-refractivity contribution in [1.29, 1.82) is 0 Å². The topological polar surface area (TPSA) is 80.3 Å². The minimum absolute atomic E-state index is 0.174. The van der Waals surface area contributed by atoms with Gasteiger partial charge in [-0.25, -0.2) is 0 Å². The molecule has 1 aromatic rings. The summed E-state index contributed by atoms with van der Waals surface area (Å²) < 4.78 is 28.0. The van der Waals surface area contributed by atoms with Gasteiger partial charge in [-0.2, -0.15) is 0 Å². The van der Waals surface area contributed by atoms with Crippen LogP contribution < -0.4 is 9.47 Å². The van der Waals surface area contributed by atoms with Gasteiger partial charge in [-0.3, -0.25) is 9.59 Å². The molecule has 168 valence electrons. The zero-order valence-electron chi connectivity index (χ0n) is 18.9. The summed E-state index contributed by atoms with van der Waals surface area (Å²) in [5.41, 5.74) is 0.0649. The molecule has 0 spiro atoms. The second-order valence-corrected chi connectivity index (χ2v) is 7.17. The average Bonchev–Trinajstić information content (AvgIpc) is 2.77. The van der Waals surface area contributed by atoms with Gasteiger partial charge in [0.25, 0.3) is 0 Å². The number of esters is 1. The lowest BCUT2D eigenvalue weighted by atomic mass is 9.75. The van der Waals surface area contributed by atoms with Gasteiger partial charge in [0.1, 0.15) is 17.5 Å². The van der Waals surface area contributed by atoms with Gasteiger partial charge in [0.05, 0.1) is 21.3 Å². The maximum atomic E-state index is 12.5. The largest absolute Gasteiger partial charge is 0.498 e. The van der Waals surface area contributed by atoms with E-state index in [2.05, 4.69) is 6.58 Å². The molecule has 7 nitrogen and oxygen atoms in total. The molecular weight excluding hydrogens is 400 g/mol. The van der Waals surface area contributed by atoms with Crippen LogP contribution in [-0.4, -0.2) is 45.8 Å². The number of rotatable bonds is 10. The lowest BCUT2D eigenvalue weighted by molar-refractivity contribution is -0.155. The molecule has 7 heteroatoms. The predicted octanol–water partition coefficient (Wildman–Crippen LogP) is 3.94. The van der Waals surface area contributed by atoms with Crippen LogP contribution in [0.2, 0.25) is 0 Å². The Labute approximate surface area is 183 Å². The number of ketones is 1. The molecule has 0 N–H and O–H groups in total. The molecule has 3 unspecified atom stereocenters. The van der Waals surface area contributed by atoms with E-state index in [-0.39, 0.29) is 5.78 Å². The summed E-state index contributed by atoms with van der Waals surface area (Å²) in [6, 6.07) is 5.30. The summed E-state index contributed by atoms with van der Waals surface area (Å²) in [4.78, 5) is 24.5. The molecule has 0 aromatic heterocycles. The van der Waals surface area contributed by atoms with E-state index < -0.39 is 23.6 Å². The Balaban J connectivity index is 2.64. The van der Waals surface area contributed by atoms with Gasteiger partial charge in [0.2, 0.25) is 0 Å². The summed E-state index contributed by atoms with van der Waals surface area (Å²) in [6.45, 7) is 6.94. The molecule has 1 aliphatic rings. The van der Waals surface area contributed by atoms with Crippen molar-refractivity contribution in [3.05, 3.63) is 59.9 Å². The quantitative estimate of drug-likeness (QED) is 0.411. The summed E-state index contributed by atoms with van der Waals surface area (Å²) in [7, 11) is 6.08. The first-order valence-electron chi connectivity index (χ1n) is 9.85. The number of hydrogen-bond donors (Lipinski definition) is 0. The fourth-order valence-electron chi connectivity index (χ4n) is 3.85. The van der Waals surface area contributed by atoms with E-state index in [1.165, 1.54) is 34.3 Å². The van der Waals surface area contributed by atoms with Gasteiger partial charge in [0, 0.05) is 31.6 Å². The van der Waals surface area contributed by atoms with E-state index in [4.69, 9.17) is 23.7 Å². The molecule has 1 aromatic carbocycles. The Bertz CT molecular complexity index is 899. The van der Waals surface area contributed by atoms with Crippen LogP contribution in [0, 0.1) is 5.92 Å². The van der Waals surface area contributed by atoms with Gasteiger partial charge in [-0.15, -0.1) is 6.58 Å². The standard InChI is InChI=1S/C24H30O7/c1-8-9-18-14-24(30-7,22(29-6)13-19(18)26)15(2)23(31-16(3)25)17-10-11-20(27-4)21(12-17)28-5/h8,10-15,23H,1,9H2,2-7H3. The maximum absolute atomic E-state index is 12.5.